The largest absolute Gasteiger partial charge is 0.461 e. The molecular formula is C13H23ClO2. The molecule has 0 bridgehead atoms. The second-order valence-electron chi connectivity index (χ2n) is 5.85. The van der Waals surface area contributed by atoms with Gasteiger partial charge in [-0.2, -0.15) is 0 Å². The van der Waals surface area contributed by atoms with Crippen LogP contribution in [0.2, 0.25) is 0 Å². The van der Waals surface area contributed by atoms with Crippen LogP contribution in [0.5, 0.6) is 0 Å². The van der Waals surface area contributed by atoms with Crippen LogP contribution in [0.3, 0.4) is 0 Å². The zero-order valence-corrected chi connectivity index (χ0v) is 11.5. The summed E-state index contributed by atoms with van der Waals surface area (Å²) in [4.78, 5) is 11.6. The van der Waals surface area contributed by atoms with E-state index in [1.807, 2.05) is 6.92 Å². The van der Waals surface area contributed by atoms with E-state index >= 15 is 0 Å². The van der Waals surface area contributed by atoms with Crippen molar-refractivity contribution in [1.29, 1.82) is 0 Å². The van der Waals surface area contributed by atoms with Gasteiger partial charge in [-0.1, -0.05) is 27.7 Å². The Labute approximate surface area is 104 Å². The van der Waals surface area contributed by atoms with Crippen molar-refractivity contribution in [2.75, 3.05) is 0 Å². The first-order chi connectivity index (χ1) is 7.34. The molecule has 0 saturated heterocycles. The highest BCUT2D eigenvalue weighted by Crippen LogP contribution is 2.39. The Morgan fingerprint density at radius 2 is 2.12 bits per heavy atom. The highest BCUT2D eigenvalue weighted by atomic mass is 35.5. The Bertz CT molecular complexity index is 250. The van der Waals surface area contributed by atoms with Crippen molar-refractivity contribution in [2.45, 2.75) is 64.9 Å². The van der Waals surface area contributed by atoms with Gasteiger partial charge in [-0.15, -0.1) is 11.6 Å². The van der Waals surface area contributed by atoms with Crippen LogP contribution in [0.15, 0.2) is 0 Å². The Hall–Kier alpha value is -0.240. The van der Waals surface area contributed by atoms with Gasteiger partial charge in [0.1, 0.15) is 11.5 Å². The molecule has 3 heteroatoms. The molecule has 0 spiro atoms. The molecule has 1 saturated carbocycles. The third kappa shape index (κ3) is 3.97. The second kappa shape index (κ2) is 5.39. The van der Waals surface area contributed by atoms with E-state index in [0.29, 0.717) is 12.3 Å². The first-order valence-corrected chi connectivity index (χ1v) is 6.62. The summed E-state index contributed by atoms with van der Waals surface area (Å²) in [5, 5.41) is -0.486. The van der Waals surface area contributed by atoms with Crippen molar-refractivity contribution < 1.29 is 9.53 Å². The third-order valence-corrected chi connectivity index (χ3v) is 3.73. The first-order valence-electron chi connectivity index (χ1n) is 6.18. The number of hydrogen-bond acceptors (Lipinski definition) is 2. The van der Waals surface area contributed by atoms with Crippen molar-refractivity contribution >= 4 is 17.6 Å². The Balaban J connectivity index is 2.51. The fourth-order valence-corrected chi connectivity index (χ4v) is 2.80. The molecule has 0 radical (unpaired) electrons. The molecule has 3 atom stereocenters. The topological polar surface area (TPSA) is 26.3 Å². The van der Waals surface area contributed by atoms with Crippen LogP contribution < -0.4 is 0 Å². The molecule has 0 aromatic carbocycles. The second-order valence-corrected chi connectivity index (χ2v) is 6.37. The number of alkyl halides is 1. The lowest BCUT2D eigenvalue weighted by atomic mass is 9.71. The third-order valence-electron chi connectivity index (χ3n) is 3.24. The van der Waals surface area contributed by atoms with Crippen LogP contribution >= 0.6 is 11.6 Å². The van der Waals surface area contributed by atoms with E-state index in [-0.39, 0.29) is 17.5 Å². The Kier molecular flexibility index (Phi) is 4.66. The fourth-order valence-electron chi connectivity index (χ4n) is 2.75. The molecule has 94 valence electrons. The zero-order chi connectivity index (χ0) is 12.3. The van der Waals surface area contributed by atoms with E-state index in [0.717, 1.165) is 12.8 Å². The van der Waals surface area contributed by atoms with Gasteiger partial charge in [0.15, 0.2) is 0 Å². The number of esters is 1. The van der Waals surface area contributed by atoms with Crippen molar-refractivity contribution in [3.05, 3.63) is 0 Å². The summed E-state index contributed by atoms with van der Waals surface area (Å²) in [5.74, 6) is 0.371. The molecule has 1 rings (SSSR count). The van der Waals surface area contributed by atoms with Crippen LogP contribution in [0, 0.1) is 11.3 Å². The van der Waals surface area contributed by atoms with Crippen molar-refractivity contribution in [3.63, 3.8) is 0 Å². The monoisotopic (exact) mass is 246 g/mol. The molecule has 2 nitrogen and oxygen atoms in total. The average Bonchev–Trinajstić information content (AvgIpc) is 2.12. The van der Waals surface area contributed by atoms with Crippen LogP contribution in [0.25, 0.3) is 0 Å². The number of ether oxygens (including phenoxy) is 1. The van der Waals surface area contributed by atoms with Gasteiger partial charge in [-0.25, -0.2) is 0 Å². The number of carbonyl (C=O) groups is 1. The smallest absolute Gasteiger partial charge is 0.324 e. The van der Waals surface area contributed by atoms with Crippen molar-refractivity contribution in [2.24, 2.45) is 11.3 Å². The molecule has 3 unspecified atom stereocenters. The van der Waals surface area contributed by atoms with Gasteiger partial charge in [-0.3, -0.25) is 4.79 Å². The molecular weight excluding hydrogens is 224 g/mol. The van der Waals surface area contributed by atoms with Crippen LogP contribution in [0.1, 0.15) is 53.4 Å². The van der Waals surface area contributed by atoms with Crippen LogP contribution in [-0.2, 0) is 9.53 Å². The van der Waals surface area contributed by atoms with Gasteiger partial charge in [0, 0.05) is 0 Å². The maximum atomic E-state index is 11.6. The average molecular weight is 247 g/mol. The van der Waals surface area contributed by atoms with Crippen LogP contribution in [0.4, 0.5) is 0 Å². The summed E-state index contributed by atoms with van der Waals surface area (Å²) < 4.78 is 5.48. The predicted molar refractivity (Wildman–Crippen MR) is 66.6 cm³/mol. The minimum atomic E-state index is -0.486. The fraction of sp³-hybridized carbons (Fsp3) is 0.923. The summed E-state index contributed by atoms with van der Waals surface area (Å²) in [6, 6.07) is 0. The number of rotatable bonds is 3. The lowest BCUT2D eigenvalue weighted by Gasteiger charge is -2.38. The number of halogens is 1. The van der Waals surface area contributed by atoms with Gasteiger partial charge in [-0.05, 0) is 37.0 Å². The lowest BCUT2D eigenvalue weighted by Crippen LogP contribution is -2.35. The normalized spacial score (nSPS) is 30.8. The van der Waals surface area contributed by atoms with Gasteiger partial charge >= 0.3 is 5.97 Å². The van der Waals surface area contributed by atoms with E-state index in [4.69, 9.17) is 16.3 Å². The summed E-state index contributed by atoms with van der Waals surface area (Å²) in [6.45, 7) is 8.59. The molecule has 1 fully saturated rings. The maximum Gasteiger partial charge on any atom is 0.324 e. The van der Waals surface area contributed by atoms with Gasteiger partial charge in [0.25, 0.3) is 0 Å². The minimum Gasteiger partial charge on any atom is -0.461 e. The summed E-state index contributed by atoms with van der Waals surface area (Å²) in [7, 11) is 0. The SMILES string of the molecule is CCC(Cl)C(=O)OC1CC(C)CC(C)(C)C1. The van der Waals surface area contributed by atoms with E-state index in [2.05, 4.69) is 20.8 Å². The van der Waals surface area contributed by atoms with Crippen LogP contribution in [-0.4, -0.2) is 17.5 Å². The standard InChI is InChI=1S/C13H23ClO2/c1-5-11(14)12(15)16-10-6-9(2)7-13(3,4)8-10/h9-11H,5-8H2,1-4H3. The van der Waals surface area contributed by atoms with Gasteiger partial charge in [0.05, 0.1) is 0 Å². The Morgan fingerprint density at radius 1 is 1.50 bits per heavy atom. The molecule has 0 aromatic rings. The van der Waals surface area contributed by atoms with Gasteiger partial charge < -0.3 is 4.74 Å². The molecule has 0 amide bonds. The Morgan fingerprint density at radius 3 is 2.62 bits per heavy atom. The summed E-state index contributed by atoms with van der Waals surface area (Å²) in [5.41, 5.74) is 0.274. The molecule has 1 aliphatic carbocycles. The quantitative estimate of drug-likeness (QED) is 0.560. The molecule has 1 aliphatic rings. The van der Waals surface area contributed by atoms with E-state index in [9.17, 15) is 4.79 Å². The first kappa shape index (κ1) is 13.8. The zero-order valence-electron chi connectivity index (χ0n) is 10.8. The van der Waals surface area contributed by atoms with E-state index in [1.165, 1.54) is 6.42 Å². The van der Waals surface area contributed by atoms with Crippen molar-refractivity contribution in [1.82, 2.24) is 0 Å². The van der Waals surface area contributed by atoms with Crippen molar-refractivity contribution in [3.8, 4) is 0 Å². The molecule has 0 aliphatic heterocycles. The minimum absolute atomic E-state index is 0.0547. The molecule has 0 aromatic heterocycles. The van der Waals surface area contributed by atoms with Gasteiger partial charge in [0.2, 0.25) is 0 Å². The summed E-state index contributed by atoms with van der Waals surface area (Å²) in [6.07, 6.45) is 3.82. The molecule has 16 heavy (non-hydrogen) atoms. The number of hydrogen-bond donors (Lipinski definition) is 0. The summed E-state index contributed by atoms with van der Waals surface area (Å²) >= 11 is 5.87. The lowest BCUT2D eigenvalue weighted by molar-refractivity contribution is -0.153. The molecule has 0 heterocycles. The highest BCUT2D eigenvalue weighted by Gasteiger charge is 2.34. The maximum absolute atomic E-state index is 11.6. The van der Waals surface area contributed by atoms with E-state index < -0.39 is 5.38 Å². The molecule has 0 N–H and O–H groups in total. The predicted octanol–water partition coefficient (Wildman–Crippen LogP) is 3.76. The highest BCUT2D eigenvalue weighted by molar-refractivity contribution is 6.29. The number of carbonyl (C=O) groups excluding carboxylic acids is 1. The van der Waals surface area contributed by atoms with E-state index in [1.54, 1.807) is 0 Å².